The molecule has 1 saturated carbocycles. The molecule has 1 aliphatic carbocycles. The summed E-state index contributed by atoms with van der Waals surface area (Å²) in [6.07, 6.45) is 1.08. The summed E-state index contributed by atoms with van der Waals surface area (Å²) in [5.41, 5.74) is 0.250. The second kappa shape index (κ2) is 19.6. The minimum absolute atomic E-state index is 0.0239. The van der Waals surface area contributed by atoms with Gasteiger partial charge in [0.2, 0.25) is 11.8 Å². The van der Waals surface area contributed by atoms with Gasteiger partial charge < -0.3 is 34.3 Å². The average Bonchev–Trinajstić information content (AvgIpc) is 3.78. The number of hydroxylamine groups is 2. The molecule has 7 atom stereocenters. The maximum Gasteiger partial charge on any atom is 0.422 e. The summed E-state index contributed by atoms with van der Waals surface area (Å²) in [7, 11) is 1.54. The first-order chi connectivity index (χ1) is 28.7. The Morgan fingerprint density at radius 2 is 1.68 bits per heavy atom. The molecule has 60 heavy (non-hydrogen) atoms. The van der Waals surface area contributed by atoms with Crippen molar-refractivity contribution in [2.45, 2.75) is 133 Å². The highest BCUT2D eigenvalue weighted by atomic mass is 19.4. The number of ether oxygens (including phenoxy) is 4. The van der Waals surface area contributed by atoms with Crippen LogP contribution in [0.3, 0.4) is 0 Å². The minimum Gasteiger partial charge on any atom is -0.458 e. The zero-order valence-electron chi connectivity index (χ0n) is 34.4. The number of amides is 2. The molecule has 3 aliphatic heterocycles. The number of aliphatic hydroxyl groups excluding tert-OH is 1. The molecule has 4 aliphatic rings. The summed E-state index contributed by atoms with van der Waals surface area (Å²) >= 11 is 0. The van der Waals surface area contributed by atoms with Crippen LogP contribution in [0.25, 0.3) is 6.08 Å². The molecule has 4 fully saturated rings. The minimum atomic E-state index is -4.67. The Balaban J connectivity index is 1.36. The number of aliphatic hydroxyl groups is 1. The Morgan fingerprint density at radius 1 is 1.00 bits per heavy atom. The number of esters is 2. The van der Waals surface area contributed by atoms with Crippen LogP contribution < -0.4 is 5.32 Å². The number of hydrogen-bond donors (Lipinski definition) is 2. The highest BCUT2D eigenvalue weighted by Crippen LogP contribution is 2.58. The van der Waals surface area contributed by atoms with E-state index in [1.54, 1.807) is 24.3 Å². The molecule has 0 spiro atoms. The zero-order valence-corrected chi connectivity index (χ0v) is 34.4. The van der Waals surface area contributed by atoms with Gasteiger partial charge in [-0.3, -0.25) is 19.2 Å². The van der Waals surface area contributed by atoms with Gasteiger partial charge in [-0.25, -0.2) is 4.79 Å². The maximum atomic E-state index is 15.5. The number of nitrogens with one attached hydrogen (secondary N) is 1. The van der Waals surface area contributed by atoms with Crippen molar-refractivity contribution >= 4 is 29.8 Å². The number of halogens is 3. The van der Waals surface area contributed by atoms with Crippen molar-refractivity contribution in [3.8, 4) is 0 Å². The Bertz CT molecular complexity index is 1840. The van der Waals surface area contributed by atoms with Crippen LogP contribution in [-0.2, 0) is 55.9 Å². The number of unbranched alkanes of at least 4 members (excludes halogenated alkanes) is 4. The Kier molecular flexibility index (Phi) is 14.7. The summed E-state index contributed by atoms with van der Waals surface area (Å²) in [5.74, 6) is -3.84. The third-order valence-electron chi connectivity index (χ3n) is 11.8. The first-order valence-corrected chi connectivity index (χ1v) is 20.9. The lowest BCUT2D eigenvalue weighted by Gasteiger charge is -2.50. The maximum absolute atomic E-state index is 15.5. The van der Waals surface area contributed by atoms with Gasteiger partial charge in [0.05, 0.1) is 13.2 Å². The first-order valence-electron chi connectivity index (χ1n) is 20.9. The van der Waals surface area contributed by atoms with E-state index in [0.29, 0.717) is 24.0 Å². The summed E-state index contributed by atoms with van der Waals surface area (Å²) in [6.45, 7) is 2.15. The normalized spacial score (nSPS) is 26.1. The lowest BCUT2D eigenvalue weighted by molar-refractivity contribution is -0.225. The average molecular weight is 844 g/mol. The van der Waals surface area contributed by atoms with Gasteiger partial charge in [-0.2, -0.15) is 18.2 Å². The number of alkyl halides is 3. The number of hydrogen-bond acceptors (Lipinski definition) is 11. The van der Waals surface area contributed by atoms with Crippen LogP contribution in [0.2, 0.25) is 0 Å². The van der Waals surface area contributed by atoms with Crippen molar-refractivity contribution in [3.63, 3.8) is 0 Å². The second-order valence-corrected chi connectivity index (χ2v) is 16.2. The van der Waals surface area contributed by atoms with E-state index in [0.717, 1.165) is 50.2 Å². The van der Waals surface area contributed by atoms with Gasteiger partial charge in [0.1, 0.15) is 35.9 Å². The summed E-state index contributed by atoms with van der Waals surface area (Å²) in [4.78, 5) is 63.9. The summed E-state index contributed by atoms with van der Waals surface area (Å²) < 4.78 is 62.1. The Labute approximate surface area is 348 Å². The molecule has 2 bridgehead atoms. The van der Waals surface area contributed by atoms with E-state index in [1.165, 1.54) is 23.1 Å². The van der Waals surface area contributed by atoms with Gasteiger partial charge in [-0.1, -0.05) is 94.1 Å². The molecule has 2 aromatic carbocycles. The van der Waals surface area contributed by atoms with Crippen LogP contribution in [0.1, 0.15) is 88.3 Å². The third kappa shape index (κ3) is 10.0. The van der Waals surface area contributed by atoms with E-state index in [4.69, 9.17) is 19.0 Å². The first kappa shape index (κ1) is 45.2. The van der Waals surface area contributed by atoms with Gasteiger partial charge in [0, 0.05) is 45.4 Å². The Hall–Kier alpha value is -4.35. The number of likely N-dealkylation sites (N-methyl/N-ethyl adjacent to an activating group) is 1. The molecular formula is C44H56F3N3O10. The summed E-state index contributed by atoms with van der Waals surface area (Å²) in [5, 5.41) is 13.7. The highest BCUT2D eigenvalue weighted by Gasteiger charge is 2.76. The molecule has 6 rings (SSSR count). The van der Waals surface area contributed by atoms with Crippen molar-refractivity contribution in [2.24, 2.45) is 5.41 Å². The van der Waals surface area contributed by atoms with Gasteiger partial charge in [0.15, 0.2) is 18.4 Å². The fraction of sp³-hybridized carbons (Fsp3) is 0.591. The second-order valence-electron chi connectivity index (χ2n) is 16.2. The molecule has 0 radical (unpaired) electrons. The molecule has 2 aromatic rings. The lowest BCUT2D eigenvalue weighted by atomic mass is 9.62. The number of fused-ring (bicyclic) bond motifs is 4. The predicted molar refractivity (Wildman–Crippen MR) is 211 cm³/mol. The van der Waals surface area contributed by atoms with Gasteiger partial charge in [-0.15, -0.1) is 0 Å². The van der Waals surface area contributed by atoms with Crippen molar-refractivity contribution in [1.29, 1.82) is 0 Å². The molecule has 3 saturated heterocycles. The molecule has 0 aromatic heterocycles. The predicted octanol–water partition coefficient (Wildman–Crippen LogP) is 5.42. The van der Waals surface area contributed by atoms with Crippen LogP contribution in [0.15, 0.2) is 60.7 Å². The molecule has 2 N–H and O–H groups in total. The van der Waals surface area contributed by atoms with E-state index in [2.05, 4.69) is 23.9 Å². The molecule has 16 heteroatoms. The SMILES string of the molecule is CCCCCC1(CCCCC)O[C@@H]2[C@H](O1)[C@H]1ON(Cc3cccc(C=CC(=O)OCC(F)(F)F)c3)[C@@H]3C(=O)O[C@@H]2C[C@]13C(=O)N(C)[C@H](Cc1ccccc1)C(=O)NCCO. The number of benzene rings is 2. The molecule has 0 unspecified atom stereocenters. The van der Waals surface area contributed by atoms with E-state index < -0.39 is 84.2 Å². The molecular weight excluding hydrogens is 787 g/mol. The van der Waals surface area contributed by atoms with Crippen LogP contribution in [0.5, 0.6) is 0 Å². The van der Waals surface area contributed by atoms with Crippen LogP contribution >= 0.6 is 0 Å². The molecule has 3 heterocycles. The third-order valence-corrected chi connectivity index (χ3v) is 11.8. The van der Waals surface area contributed by atoms with Crippen molar-refractivity contribution < 1.29 is 61.2 Å². The number of rotatable bonds is 20. The van der Waals surface area contributed by atoms with Crippen molar-refractivity contribution in [3.05, 3.63) is 77.4 Å². The van der Waals surface area contributed by atoms with Crippen LogP contribution in [-0.4, -0.2) is 114 Å². The van der Waals surface area contributed by atoms with Crippen molar-refractivity contribution in [1.82, 2.24) is 15.3 Å². The van der Waals surface area contributed by atoms with E-state index in [9.17, 15) is 32.7 Å². The zero-order chi connectivity index (χ0) is 43.1. The number of carbonyl (C=O) groups excluding carboxylic acids is 4. The Morgan fingerprint density at radius 3 is 2.35 bits per heavy atom. The van der Waals surface area contributed by atoms with Crippen molar-refractivity contribution in [2.75, 3.05) is 26.8 Å². The molecule has 2 amide bonds. The monoisotopic (exact) mass is 843 g/mol. The van der Waals surface area contributed by atoms with E-state index in [-0.39, 0.29) is 32.5 Å². The highest BCUT2D eigenvalue weighted by molar-refractivity contribution is 5.96. The molecule has 13 nitrogen and oxygen atoms in total. The van der Waals surface area contributed by atoms with E-state index in [1.807, 2.05) is 30.3 Å². The van der Waals surface area contributed by atoms with E-state index >= 15 is 4.79 Å². The van der Waals surface area contributed by atoms with Gasteiger partial charge in [-0.05, 0) is 35.6 Å². The van der Waals surface area contributed by atoms with Gasteiger partial charge in [0.25, 0.3) is 0 Å². The topological polar surface area (TPSA) is 153 Å². The van der Waals surface area contributed by atoms with Crippen LogP contribution in [0, 0.1) is 5.41 Å². The van der Waals surface area contributed by atoms with Gasteiger partial charge >= 0.3 is 18.1 Å². The summed E-state index contributed by atoms with van der Waals surface area (Å²) in [6, 6.07) is 13.6. The van der Waals surface area contributed by atoms with Crippen LogP contribution in [0.4, 0.5) is 13.2 Å². The quantitative estimate of drug-likeness (QED) is 0.0999. The largest absolute Gasteiger partial charge is 0.458 e. The standard InChI is InChI=1S/C44H56F3N3O10/c1-4-6-11-20-42(21-12-7-5-2)58-35-33-26-43(41(55)49(3)32(39(53)48-22-23-51)25-29-14-9-8-10-15-29)37(40(54)57-33)50(60-38(43)36(35)59-42)27-31-17-13-16-30(24-31)18-19-34(52)56-28-44(45,46)47/h8-10,13-19,24,32-33,35-38,51H,4-7,11-12,20-23,25-28H2,1-3H3,(H,48,53)/t32-,33-,35+,36+,37-,38-,43-/m1/s1. The number of carbonyl (C=O) groups is 4. The smallest absolute Gasteiger partial charge is 0.422 e. The lowest BCUT2D eigenvalue weighted by Crippen LogP contribution is -2.70. The fourth-order valence-corrected chi connectivity index (χ4v) is 9.03. The number of nitrogens with zero attached hydrogens (tertiary/aromatic N) is 2. The molecule has 328 valence electrons. The fourth-order valence-electron chi connectivity index (χ4n) is 9.03.